The van der Waals surface area contributed by atoms with E-state index in [4.69, 9.17) is 14.7 Å². The summed E-state index contributed by atoms with van der Waals surface area (Å²) < 4.78 is 11.0. The Morgan fingerprint density at radius 1 is 1.24 bits per heavy atom. The molecule has 0 amide bonds. The summed E-state index contributed by atoms with van der Waals surface area (Å²) in [6.45, 7) is 1.89. The topological polar surface area (TPSA) is 75.4 Å². The lowest BCUT2D eigenvalue weighted by molar-refractivity contribution is 0.251. The lowest BCUT2D eigenvalue weighted by atomic mass is 10.1. The van der Waals surface area contributed by atoms with E-state index in [0.29, 0.717) is 22.8 Å². The second kappa shape index (κ2) is 6.73. The smallest absolute Gasteiger partial charge is 0.143 e. The van der Waals surface area contributed by atoms with Crippen LogP contribution in [-0.2, 0) is 13.2 Å². The number of rotatable bonds is 5. The summed E-state index contributed by atoms with van der Waals surface area (Å²) in [4.78, 5) is 4.22. The van der Waals surface area contributed by atoms with Crippen LogP contribution < -0.4 is 9.47 Å². The predicted octanol–water partition coefficient (Wildman–Crippen LogP) is 2.34. The molecule has 1 N–H and O–H groups in total. The summed E-state index contributed by atoms with van der Waals surface area (Å²) in [5, 5.41) is 18.3. The van der Waals surface area contributed by atoms with Gasteiger partial charge in [0.2, 0.25) is 0 Å². The fraction of sp³-hybridized carbons (Fsp3) is 0.250. The lowest BCUT2D eigenvalue weighted by Gasteiger charge is -2.12. The van der Waals surface area contributed by atoms with Gasteiger partial charge in [0.05, 0.1) is 25.3 Å². The van der Waals surface area contributed by atoms with Crippen molar-refractivity contribution in [3.63, 3.8) is 0 Å². The van der Waals surface area contributed by atoms with Crippen LogP contribution in [0.3, 0.4) is 0 Å². The van der Waals surface area contributed by atoms with Crippen molar-refractivity contribution in [2.75, 3.05) is 7.11 Å². The fourth-order valence-corrected chi connectivity index (χ4v) is 1.96. The standard InChI is InChI=1S/C16H16N2O3/c1-11-3-5-16(14(9-19)18-11)21-10-13-7-12(8-17)4-6-15(13)20-2/h3-7,19H,9-10H2,1-2H3. The van der Waals surface area contributed by atoms with Gasteiger partial charge in [-0.3, -0.25) is 4.98 Å². The highest BCUT2D eigenvalue weighted by Gasteiger charge is 2.09. The average molecular weight is 284 g/mol. The van der Waals surface area contributed by atoms with Crippen LogP contribution in [0.25, 0.3) is 0 Å². The SMILES string of the molecule is COc1ccc(C#N)cc1COc1ccc(C)nc1CO. The molecule has 5 heteroatoms. The van der Waals surface area contributed by atoms with Gasteiger partial charge in [-0.1, -0.05) is 0 Å². The second-order valence-electron chi connectivity index (χ2n) is 4.48. The number of aromatic nitrogens is 1. The number of aryl methyl sites for hydroxylation is 1. The molecule has 108 valence electrons. The molecule has 0 spiro atoms. The number of nitriles is 1. The quantitative estimate of drug-likeness (QED) is 0.912. The number of ether oxygens (including phenoxy) is 2. The molecule has 1 heterocycles. The first-order chi connectivity index (χ1) is 10.2. The van der Waals surface area contributed by atoms with Gasteiger partial charge in [-0.25, -0.2) is 0 Å². The number of aliphatic hydroxyl groups is 1. The first-order valence-corrected chi connectivity index (χ1v) is 6.45. The first-order valence-electron chi connectivity index (χ1n) is 6.45. The van der Waals surface area contributed by atoms with Crippen molar-refractivity contribution in [3.05, 3.63) is 52.8 Å². The van der Waals surface area contributed by atoms with E-state index in [-0.39, 0.29) is 13.2 Å². The van der Waals surface area contributed by atoms with E-state index >= 15 is 0 Å². The third-order valence-corrected chi connectivity index (χ3v) is 3.01. The number of benzene rings is 1. The summed E-state index contributed by atoms with van der Waals surface area (Å²) >= 11 is 0. The van der Waals surface area contributed by atoms with Crippen LogP contribution in [0.5, 0.6) is 11.5 Å². The summed E-state index contributed by atoms with van der Waals surface area (Å²) in [5.41, 5.74) is 2.61. The molecule has 0 aliphatic heterocycles. The van der Waals surface area contributed by atoms with Crippen LogP contribution in [0.4, 0.5) is 0 Å². The fourth-order valence-electron chi connectivity index (χ4n) is 1.96. The zero-order valence-corrected chi connectivity index (χ0v) is 12.0. The largest absolute Gasteiger partial charge is 0.496 e. The van der Waals surface area contributed by atoms with E-state index in [9.17, 15) is 5.11 Å². The molecule has 1 aromatic heterocycles. The summed E-state index contributed by atoms with van der Waals surface area (Å²) in [6, 6.07) is 10.8. The minimum absolute atomic E-state index is 0.188. The molecule has 0 unspecified atom stereocenters. The van der Waals surface area contributed by atoms with E-state index in [0.717, 1.165) is 11.3 Å². The maximum Gasteiger partial charge on any atom is 0.143 e. The Kier molecular flexibility index (Phi) is 4.75. The summed E-state index contributed by atoms with van der Waals surface area (Å²) in [5.74, 6) is 1.17. The van der Waals surface area contributed by atoms with Gasteiger partial charge in [-0.05, 0) is 37.3 Å². The van der Waals surface area contributed by atoms with Crippen molar-refractivity contribution < 1.29 is 14.6 Å². The maximum absolute atomic E-state index is 9.31. The monoisotopic (exact) mass is 284 g/mol. The van der Waals surface area contributed by atoms with Crippen LogP contribution in [-0.4, -0.2) is 17.2 Å². The molecule has 2 aromatic rings. The Labute approximate surface area is 123 Å². The molecular weight excluding hydrogens is 268 g/mol. The molecule has 1 aromatic carbocycles. The lowest BCUT2D eigenvalue weighted by Crippen LogP contribution is -2.03. The molecule has 0 fully saturated rings. The highest BCUT2D eigenvalue weighted by molar-refractivity contribution is 5.42. The Balaban J connectivity index is 2.22. The highest BCUT2D eigenvalue weighted by Crippen LogP contribution is 2.23. The van der Waals surface area contributed by atoms with Crippen molar-refractivity contribution in [1.29, 1.82) is 5.26 Å². The molecule has 21 heavy (non-hydrogen) atoms. The number of hydrogen-bond acceptors (Lipinski definition) is 5. The molecule has 0 aliphatic rings. The molecule has 0 aliphatic carbocycles. The number of nitrogens with zero attached hydrogens (tertiary/aromatic N) is 2. The van der Waals surface area contributed by atoms with Crippen molar-refractivity contribution in [2.24, 2.45) is 0 Å². The molecular formula is C16H16N2O3. The van der Waals surface area contributed by atoms with Crippen LogP contribution in [0.15, 0.2) is 30.3 Å². The van der Waals surface area contributed by atoms with Gasteiger partial charge >= 0.3 is 0 Å². The van der Waals surface area contributed by atoms with E-state index < -0.39 is 0 Å². The van der Waals surface area contributed by atoms with E-state index in [1.807, 2.05) is 13.0 Å². The van der Waals surface area contributed by atoms with E-state index in [2.05, 4.69) is 11.1 Å². The van der Waals surface area contributed by atoms with Crippen LogP contribution in [0.2, 0.25) is 0 Å². The third-order valence-electron chi connectivity index (χ3n) is 3.01. The Morgan fingerprint density at radius 3 is 2.67 bits per heavy atom. The van der Waals surface area contributed by atoms with Crippen LogP contribution in [0, 0.1) is 18.3 Å². The number of hydrogen-bond donors (Lipinski definition) is 1. The molecule has 0 radical (unpaired) electrons. The Morgan fingerprint density at radius 2 is 2.00 bits per heavy atom. The molecule has 2 rings (SSSR count). The minimum atomic E-state index is -0.188. The Bertz CT molecular complexity index is 678. The van der Waals surface area contributed by atoms with Crippen molar-refractivity contribution in [1.82, 2.24) is 4.98 Å². The van der Waals surface area contributed by atoms with E-state index in [1.54, 1.807) is 31.4 Å². The summed E-state index contributed by atoms with van der Waals surface area (Å²) in [7, 11) is 1.57. The minimum Gasteiger partial charge on any atom is -0.496 e. The Hall–Kier alpha value is -2.58. The maximum atomic E-state index is 9.31. The van der Waals surface area contributed by atoms with Gasteiger partial charge in [0.15, 0.2) is 0 Å². The highest BCUT2D eigenvalue weighted by atomic mass is 16.5. The molecule has 0 saturated carbocycles. The van der Waals surface area contributed by atoms with Gasteiger partial charge < -0.3 is 14.6 Å². The first kappa shape index (κ1) is 14.8. The predicted molar refractivity (Wildman–Crippen MR) is 76.9 cm³/mol. The average Bonchev–Trinajstić information content (AvgIpc) is 2.53. The van der Waals surface area contributed by atoms with Gasteiger partial charge in [0.25, 0.3) is 0 Å². The number of aliphatic hydroxyl groups excluding tert-OH is 1. The molecule has 0 atom stereocenters. The third kappa shape index (κ3) is 3.50. The van der Waals surface area contributed by atoms with Gasteiger partial charge in [0, 0.05) is 11.3 Å². The number of methoxy groups -OCH3 is 1. The molecule has 0 bridgehead atoms. The number of pyridine rings is 1. The van der Waals surface area contributed by atoms with E-state index in [1.165, 1.54) is 0 Å². The van der Waals surface area contributed by atoms with Crippen molar-refractivity contribution in [2.45, 2.75) is 20.1 Å². The van der Waals surface area contributed by atoms with Gasteiger partial charge in [-0.15, -0.1) is 0 Å². The van der Waals surface area contributed by atoms with Crippen LogP contribution in [0.1, 0.15) is 22.5 Å². The normalized spacial score (nSPS) is 10.0. The second-order valence-corrected chi connectivity index (χ2v) is 4.48. The molecule has 0 saturated heterocycles. The van der Waals surface area contributed by atoms with Crippen molar-refractivity contribution in [3.8, 4) is 17.6 Å². The zero-order valence-electron chi connectivity index (χ0n) is 12.0. The van der Waals surface area contributed by atoms with Crippen molar-refractivity contribution >= 4 is 0 Å². The zero-order chi connectivity index (χ0) is 15.2. The van der Waals surface area contributed by atoms with Gasteiger partial charge in [0.1, 0.15) is 23.8 Å². The molecule has 5 nitrogen and oxygen atoms in total. The summed E-state index contributed by atoms with van der Waals surface area (Å²) in [6.07, 6.45) is 0. The van der Waals surface area contributed by atoms with Crippen LogP contribution >= 0.6 is 0 Å². The van der Waals surface area contributed by atoms with Gasteiger partial charge in [-0.2, -0.15) is 5.26 Å².